The molecule has 7 nitrogen and oxygen atoms in total. The smallest absolute Gasteiger partial charge is 0.408 e. The number of halogens is 3. The number of alkyl halides is 3. The molecule has 0 atom stereocenters. The highest BCUT2D eigenvalue weighted by atomic mass is 19.4. The second kappa shape index (κ2) is 6.40. The van der Waals surface area contributed by atoms with E-state index in [1.165, 1.54) is 12.8 Å². The van der Waals surface area contributed by atoms with Gasteiger partial charge in [-0.15, -0.1) is 18.3 Å². The molecule has 0 aromatic carbocycles. The minimum Gasteiger partial charge on any atom is -0.408 e. The molecule has 3 aliphatic rings. The Morgan fingerprint density at radius 2 is 1.92 bits per heavy atom. The largest absolute Gasteiger partial charge is 0.522 e. The summed E-state index contributed by atoms with van der Waals surface area (Å²) in [7, 11) is 0. The number of ether oxygens (including phenoxy) is 1. The quantitative estimate of drug-likeness (QED) is 0.854. The molecular weight excluding hydrogens is 353 g/mol. The summed E-state index contributed by atoms with van der Waals surface area (Å²) in [5.41, 5.74) is 0.516. The summed E-state index contributed by atoms with van der Waals surface area (Å²) in [6, 6.07) is 0.115. The number of hydrogen-bond donors (Lipinski definition) is 1. The van der Waals surface area contributed by atoms with Crippen LogP contribution in [0.15, 0.2) is 4.42 Å². The maximum atomic E-state index is 12.2. The van der Waals surface area contributed by atoms with Crippen molar-refractivity contribution in [3.8, 4) is 0 Å². The average molecular weight is 374 g/mol. The van der Waals surface area contributed by atoms with Crippen LogP contribution < -0.4 is 5.32 Å². The van der Waals surface area contributed by atoms with Crippen molar-refractivity contribution >= 4 is 11.9 Å². The SMILES string of the molecule is O=C(CNc1nnc(C2CC(OC(F)(F)F)C2)o1)N1CCC2(CC1)CC2. The van der Waals surface area contributed by atoms with Gasteiger partial charge in [-0.25, -0.2) is 0 Å². The third-order valence-electron chi connectivity index (χ3n) is 5.71. The molecule has 2 heterocycles. The Balaban J connectivity index is 1.20. The molecule has 1 aromatic rings. The lowest BCUT2D eigenvalue weighted by Gasteiger charge is -2.32. The maximum Gasteiger partial charge on any atom is 0.522 e. The van der Waals surface area contributed by atoms with Crippen molar-refractivity contribution in [2.75, 3.05) is 25.0 Å². The first-order valence-corrected chi connectivity index (χ1v) is 8.92. The van der Waals surface area contributed by atoms with Gasteiger partial charge in [-0.3, -0.25) is 9.53 Å². The Labute approximate surface area is 148 Å². The molecule has 2 saturated carbocycles. The molecule has 1 aliphatic heterocycles. The minimum absolute atomic E-state index is 0.0115. The van der Waals surface area contributed by atoms with E-state index in [9.17, 15) is 18.0 Å². The number of aromatic nitrogens is 2. The van der Waals surface area contributed by atoms with E-state index in [1.54, 1.807) is 0 Å². The van der Waals surface area contributed by atoms with Gasteiger partial charge in [-0.2, -0.15) is 0 Å². The number of rotatable bonds is 5. The molecule has 10 heteroatoms. The number of piperidine rings is 1. The van der Waals surface area contributed by atoms with Gasteiger partial charge >= 0.3 is 12.4 Å². The summed E-state index contributed by atoms with van der Waals surface area (Å²) in [6.07, 6.45) is -0.379. The highest BCUT2D eigenvalue weighted by Crippen LogP contribution is 2.53. The van der Waals surface area contributed by atoms with Gasteiger partial charge in [0.1, 0.15) is 0 Å². The number of carbonyl (C=O) groups excluding carboxylic acids is 1. The van der Waals surface area contributed by atoms with Gasteiger partial charge in [0.15, 0.2) is 0 Å². The monoisotopic (exact) mass is 374 g/mol. The Bertz CT molecular complexity index is 658. The van der Waals surface area contributed by atoms with E-state index in [-0.39, 0.29) is 43.1 Å². The molecule has 0 radical (unpaired) electrons. The number of amides is 1. The van der Waals surface area contributed by atoms with Crippen molar-refractivity contribution in [2.24, 2.45) is 5.41 Å². The predicted molar refractivity (Wildman–Crippen MR) is 83.2 cm³/mol. The summed E-state index contributed by atoms with van der Waals surface area (Å²) < 4.78 is 45.7. The summed E-state index contributed by atoms with van der Waals surface area (Å²) in [6.45, 7) is 1.65. The molecule has 4 rings (SSSR count). The predicted octanol–water partition coefficient (Wildman–Crippen LogP) is 2.67. The zero-order valence-corrected chi connectivity index (χ0v) is 14.2. The highest BCUT2D eigenvalue weighted by Gasteiger charge is 2.45. The molecule has 1 spiro atoms. The molecule has 1 aromatic heterocycles. The number of carbonyl (C=O) groups is 1. The summed E-state index contributed by atoms with van der Waals surface area (Å²) >= 11 is 0. The summed E-state index contributed by atoms with van der Waals surface area (Å²) in [4.78, 5) is 14.1. The number of anilines is 1. The van der Waals surface area contributed by atoms with Crippen LogP contribution >= 0.6 is 0 Å². The van der Waals surface area contributed by atoms with Gasteiger partial charge in [-0.05, 0) is 43.9 Å². The number of nitrogens with zero attached hydrogens (tertiary/aromatic N) is 3. The van der Waals surface area contributed by atoms with Crippen molar-refractivity contribution < 1.29 is 27.1 Å². The van der Waals surface area contributed by atoms with Gasteiger partial charge < -0.3 is 14.6 Å². The van der Waals surface area contributed by atoms with Crippen LogP contribution in [-0.2, 0) is 9.53 Å². The van der Waals surface area contributed by atoms with Crippen LogP contribution in [0.1, 0.15) is 50.3 Å². The number of likely N-dealkylation sites (tertiary alicyclic amines) is 1. The van der Waals surface area contributed by atoms with Crippen LogP contribution in [0.25, 0.3) is 0 Å². The van der Waals surface area contributed by atoms with E-state index in [4.69, 9.17) is 4.42 Å². The Kier molecular flexibility index (Phi) is 4.32. The van der Waals surface area contributed by atoms with Crippen LogP contribution in [0, 0.1) is 5.41 Å². The first-order chi connectivity index (χ1) is 12.3. The van der Waals surface area contributed by atoms with Crippen molar-refractivity contribution in [1.82, 2.24) is 15.1 Å². The molecule has 3 fully saturated rings. The molecular formula is C16H21F3N4O3. The lowest BCUT2D eigenvalue weighted by atomic mass is 9.82. The van der Waals surface area contributed by atoms with Gasteiger partial charge in [0, 0.05) is 19.0 Å². The second-order valence-corrected chi connectivity index (χ2v) is 7.53. The Morgan fingerprint density at radius 1 is 1.23 bits per heavy atom. The van der Waals surface area contributed by atoms with Crippen molar-refractivity contribution in [2.45, 2.75) is 56.9 Å². The second-order valence-electron chi connectivity index (χ2n) is 7.53. The molecule has 26 heavy (non-hydrogen) atoms. The molecule has 1 amide bonds. The molecule has 0 unspecified atom stereocenters. The zero-order valence-electron chi connectivity index (χ0n) is 14.2. The lowest BCUT2D eigenvalue weighted by Crippen LogP contribution is -2.41. The van der Waals surface area contributed by atoms with Crippen molar-refractivity contribution in [3.63, 3.8) is 0 Å². The van der Waals surface area contributed by atoms with E-state index < -0.39 is 12.5 Å². The summed E-state index contributed by atoms with van der Waals surface area (Å²) in [5.74, 6) is 0.0242. The molecule has 2 aliphatic carbocycles. The maximum absolute atomic E-state index is 12.2. The summed E-state index contributed by atoms with van der Waals surface area (Å²) in [5, 5.41) is 10.5. The van der Waals surface area contributed by atoms with Crippen molar-refractivity contribution in [3.05, 3.63) is 5.89 Å². The molecule has 1 saturated heterocycles. The topological polar surface area (TPSA) is 80.5 Å². The lowest BCUT2D eigenvalue weighted by molar-refractivity contribution is -0.352. The molecule has 144 valence electrons. The van der Waals surface area contributed by atoms with E-state index in [2.05, 4.69) is 20.3 Å². The average Bonchev–Trinajstić information content (AvgIpc) is 3.13. The fourth-order valence-corrected chi connectivity index (χ4v) is 3.69. The number of nitrogens with one attached hydrogen (secondary N) is 1. The molecule has 1 N–H and O–H groups in total. The van der Waals surface area contributed by atoms with Crippen LogP contribution in [-0.4, -0.2) is 53.1 Å². The van der Waals surface area contributed by atoms with Crippen LogP contribution in [0.5, 0.6) is 0 Å². The van der Waals surface area contributed by atoms with Gasteiger partial charge in [0.05, 0.1) is 12.6 Å². The highest BCUT2D eigenvalue weighted by molar-refractivity contribution is 5.80. The minimum atomic E-state index is -4.62. The fraction of sp³-hybridized carbons (Fsp3) is 0.812. The van der Waals surface area contributed by atoms with E-state index in [0.29, 0.717) is 5.41 Å². The molecule has 0 bridgehead atoms. The Morgan fingerprint density at radius 3 is 2.54 bits per heavy atom. The first kappa shape index (κ1) is 17.6. The van der Waals surface area contributed by atoms with Gasteiger partial charge in [0.25, 0.3) is 0 Å². The van der Waals surface area contributed by atoms with Crippen LogP contribution in [0.3, 0.4) is 0 Å². The zero-order chi connectivity index (χ0) is 18.4. The third kappa shape index (κ3) is 3.94. The third-order valence-corrected chi connectivity index (χ3v) is 5.71. The van der Waals surface area contributed by atoms with E-state index in [0.717, 1.165) is 25.9 Å². The normalized spacial score (nSPS) is 27.3. The Hall–Kier alpha value is -1.84. The fourth-order valence-electron chi connectivity index (χ4n) is 3.69. The van der Waals surface area contributed by atoms with Crippen LogP contribution in [0.4, 0.5) is 19.2 Å². The first-order valence-electron chi connectivity index (χ1n) is 8.92. The van der Waals surface area contributed by atoms with Crippen molar-refractivity contribution in [1.29, 1.82) is 0 Å². The number of hydrogen-bond acceptors (Lipinski definition) is 6. The van der Waals surface area contributed by atoms with Gasteiger partial charge in [0.2, 0.25) is 11.8 Å². The van der Waals surface area contributed by atoms with E-state index in [1.807, 2.05) is 4.90 Å². The van der Waals surface area contributed by atoms with Gasteiger partial charge in [-0.1, -0.05) is 5.10 Å². The van der Waals surface area contributed by atoms with E-state index >= 15 is 0 Å². The van der Waals surface area contributed by atoms with Crippen LogP contribution in [0.2, 0.25) is 0 Å². The standard InChI is InChI=1S/C16H21F3N4O3/c17-16(18,19)26-11-7-10(8-11)13-21-22-14(25-13)20-9-12(24)23-5-3-15(1-2-15)4-6-23/h10-11H,1-9H2,(H,20,22).